The molecule has 3 N–H and O–H groups in total. The lowest BCUT2D eigenvalue weighted by molar-refractivity contribution is -0.385. The highest BCUT2D eigenvalue weighted by Gasteiger charge is 2.24. The van der Waals surface area contributed by atoms with Crippen molar-refractivity contribution in [3.8, 4) is 0 Å². The van der Waals surface area contributed by atoms with Crippen LogP contribution in [0.2, 0.25) is 0 Å². The van der Waals surface area contributed by atoms with E-state index in [9.17, 15) is 24.5 Å². The van der Waals surface area contributed by atoms with Crippen molar-refractivity contribution in [2.24, 2.45) is 0 Å². The normalized spacial score (nSPS) is 11.8. The Bertz CT molecular complexity index is 2160. The Morgan fingerprint density at radius 1 is 0.796 bits per heavy atom. The molecule has 0 aliphatic rings. The summed E-state index contributed by atoms with van der Waals surface area (Å²) in [7, 11) is 0. The highest BCUT2D eigenvalue weighted by atomic mass is 32.2. The van der Waals surface area contributed by atoms with Crippen LogP contribution >= 0.6 is 23.1 Å². The summed E-state index contributed by atoms with van der Waals surface area (Å²) in [4.78, 5) is 56.8. The molecule has 1 atom stereocenters. The van der Waals surface area contributed by atoms with Crippen molar-refractivity contribution < 1.29 is 19.3 Å². The minimum Gasteiger partial charge on any atom is -0.321 e. The quantitative estimate of drug-likeness (QED) is 0.0541. The lowest BCUT2D eigenvalue weighted by Gasteiger charge is -2.17. The zero-order chi connectivity index (χ0) is 34.2. The molecule has 6 rings (SSSR count). The van der Waals surface area contributed by atoms with Crippen LogP contribution in [0.25, 0.3) is 16.3 Å². The van der Waals surface area contributed by atoms with E-state index in [4.69, 9.17) is 0 Å². The van der Waals surface area contributed by atoms with Gasteiger partial charge in [-0.05, 0) is 60.2 Å². The molecule has 12 heteroatoms. The molecule has 1 unspecified atom stereocenters. The summed E-state index contributed by atoms with van der Waals surface area (Å²) in [6, 6.07) is 38.2. The van der Waals surface area contributed by atoms with Crippen LogP contribution in [0.3, 0.4) is 0 Å². The van der Waals surface area contributed by atoms with E-state index in [-0.39, 0.29) is 22.9 Å². The van der Waals surface area contributed by atoms with Gasteiger partial charge in [0, 0.05) is 22.2 Å². The van der Waals surface area contributed by atoms with Crippen LogP contribution < -0.4 is 16.0 Å². The molecule has 1 aromatic heterocycles. The van der Waals surface area contributed by atoms with Gasteiger partial charge in [0.25, 0.3) is 17.5 Å². The minimum atomic E-state index is -0.697. The van der Waals surface area contributed by atoms with Gasteiger partial charge in [0.05, 0.1) is 20.7 Å². The standard InChI is InChI=1S/C37H27N5O5S2/c43-34(25-14-5-2-6-15-25)39-30(22-26-16-7-9-20-31(26)42(46)47)35(44)38-27-17-11-18-28(23-27)48-33(24-12-3-1-4-13-24)36(45)41-37-40-29-19-8-10-21-32(29)49-37/h1-23,33H,(H,38,44)(H,39,43)(H,40,41,45)/b30-22+. The number of carbonyl (C=O) groups is 3. The highest BCUT2D eigenvalue weighted by molar-refractivity contribution is 8.00. The van der Waals surface area contributed by atoms with Crippen LogP contribution in [-0.4, -0.2) is 27.6 Å². The maximum atomic E-state index is 13.7. The number of nitrogens with zero attached hydrogens (tertiary/aromatic N) is 2. The summed E-state index contributed by atoms with van der Waals surface area (Å²) < 4.78 is 0.959. The fourth-order valence-corrected chi connectivity index (χ4v) is 6.81. The smallest absolute Gasteiger partial charge is 0.276 e. The highest BCUT2D eigenvalue weighted by Crippen LogP contribution is 2.38. The number of carbonyl (C=O) groups excluding carboxylic acids is 3. The lowest BCUT2D eigenvalue weighted by atomic mass is 10.1. The molecule has 0 spiro atoms. The number of fused-ring (bicyclic) bond motifs is 1. The molecule has 242 valence electrons. The van der Waals surface area contributed by atoms with Gasteiger partial charge < -0.3 is 16.0 Å². The van der Waals surface area contributed by atoms with Crippen molar-refractivity contribution in [1.29, 1.82) is 0 Å². The Hall–Kier alpha value is -6.11. The first-order valence-corrected chi connectivity index (χ1v) is 16.6. The van der Waals surface area contributed by atoms with Gasteiger partial charge in [0.15, 0.2) is 5.13 Å². The first-order chi connectivity index (χ1) is 23.8. The van der Waals surface area contributed by atoms with E-state index in [0.717, 1.165) is 15.8 Å². The molecule has 0 fully saturated rings. The lowest BCUT2D eigenvalue weighted by Crippen LogP contribution is -2.30. The number of benzene rings is 5. The molecule has 0 aliphatic carbocycles. The molecule has 5 aromatic carbocycles. The molecule has 3 amide bonds. The predicted molar refractivity (Wildman–Crippen MR) is 193 cm³/mol. The number of thioether (sulfide) groups is 1. The van der Waals surface area contributed by atoms with Crippen LogP contribution in [0.1, 0.15) is 26.7 Å². The number of thiazole rings is 1. The Morgan fingerprint density at radius 2 is 1.49 bits per heavy atom. The molecule has 10 nitrogen and oxygen atoms in total. The molecular weight excluding hydrogens is 659 g/mol. The molecule has 49 heavy (non-hydrogen) atoms. The molecule has 0 aliphatic heterocycles. The fourth-order valence-electron chi connectivity index (χ4n) is 4.85. The van der Waals surface area contributed by atoms with Crippen molar-refractivity contribution in [1.82, 2.24) is 10.3 Å². The molecule has 0 saturated heterocycles. The van der Waals surface area contributed by atoms with Crippen LogP contribution in [0, 0.1) is 10.1 Å². The largest absolute Gasteiger partial charge is 0.321 e. The van der Waals surface area contributed by atoms with E-state index in [1.165, 1.54) is 47.4 Å². The summed E-state index contributed by atoms with van der Waals surface area (Å²) in [6.45, 7) is 0. The topological polar surface area (TPSA) is 143 Å². The van der Waals surface area contributed by atoms with Crippen LogP contribution in [0.5, 0.6) is 0 Å². The minimum absolute atomic E-state index is 0.139. The van der Waals surface area contributed by atoms with E-state index in [0.29, 0.717) is 21.3 Å². The number of rotatable bonds is 11. The van der Waals surface area contributed by atoms with E-state index >= 15 is 0 Å². The third kappa shape index (κ3) is 8.25. The molecule has 1 heterocycles. The van der Waals surface area contributed by atoms with Gasteiger partial charge in [-0.2, -0.15) is 0 Å². The summed E-state index contributed by atoms with van der Waals surface area (Å²) in [5.74, 6) is -1.52. The second-order valence-electron chi connectivity index (χ2n) is 10.6. The Labute approximate surface area is 289 Å². The molecule has 6 aromatic rings. The van der Waals surface area contributed by atoms with Gasteiger partial charge in [0.1, 0.15) is 10.9 Å². The van der Waals surface area contributed by atoms with Crippen molar-refractivity contribution >= 4 is 73.6 Å². The summed E-state index contributed by atoms with van der Waals surface area (Å²) >= 11 is 2.69. The van der Waals surface area contributed by atoms with Crippen molar-refractivity contribution in [2.75, 3.05) is 10.6 Å². The van der Waals surface area contributed by atoms with E-state index < -0.39 is 22.0 Å². The number of nitro benzene ring substituents is 1. The maximum absolute atomic E-state index is 13.7. The average Bonchev–Trinajstić information content (AvgIpc) is 3.53. The zero-order valence-corrected chi connectivity index (χ0v) is 27.2. The number of nitrogens with one attached hydrogen (secondary N) is 3. The van der Waals surface area contributed by atoms with Crippen molar-refractivity contribution in [3.05, 3.63) is 166 Å². The zero-order valence-electron chi connectivity index (χ0n) is 25.6. The van der Waals surface area contributed by atoms with Gasteiger partial charge in [-0.3, -0.25) is 24.5 Å². The summed E-state index contributed by atoms with van der Waals surface area (Å²) in [5.41, 5.74) is 1.98. The summed E-state index contributed by atoms with van der Waals surface area (Å²) in [5, 5.41) is 19.9. The molecule has 0 radical (unpaired) electrons. The number of hydrogen-bond donors (Lipinski definition) is 3. The second-order valence-corrected chi connectivity index (χ2v) is 12.8. The SMILES string of the molecule is O=C(Nc1cccc(SC(C(=O)Nc2nc3ccccc3s2)c2ccccc2)c1)/C(=C\c1ccccc1[N+](=O)[O-])NC(=O)c1ccccc1. The number of anilines is 2. The van der Waals surface area contributed by atoms with Gasteiger partial charge in [-0.15, -0.1) is 11.8 Å². The third-order valence-corrected chi connectivity index (χ3v) is 9.37. The second kappa shape index (κ2) is 15.2. The number of nitro groups is 1. The van der Waals surface area contributed by atoms with E-state index in [2.05, 4.69) is 20.9 Å². The average molecular weight is 686 g/mol. The van der Waals surface area contributed by atoms with Gasteiger partial charge in [-0.25, -0.2) is 4.98 Å². The fraction of sp³-hybridized carbons (Fsp3) is 0.0270. The predicted octanol–water partition coefficient (Wildman–Crippen LogP) is 8.09. The van der Waals surface area contributed by atoms with Crippen molar-refractivity contribution in [2.45, 2.75) is 10.1 Å². The Balaban J connectivity index is 1.25. The Kier molecular flexibility index (Phi) is 10.2. The molecular formula is C37H27N5O5S2. The van der Waals surface area contributed by atoms with Crippen LogP contribution in [0.4, 0.5) is 16.5 Å². The van der Waals surface area contributed by atoms with Gasteiger partial charge >= 0.3 is 0 Å². The Morgan fingerprint density at radius 3 is 2.24 bits per heavy atom. The molecule has 0 saturated carbocycles. The van der Waals surface area contributed by atoms with Crippen LogP contribution in [0.15, 0.2) is 144 Å². The third-order valence-electron chi connectivity index (χ3n) is 7.17. The van der Waals surface area contributed by atoms with E-state index in [1.807, 2.05) is 60.7 Å². The number of amides is 3. The van der Waals surface area contributed by atoms with Crippen molar-refractivity contribution in [3.63, 3.8) is 0 Å². The van der Waals surface area contributed by atoms with Gasteiger partial charge in [-0.1, -0.05) is 90.2 Å². The first-order valence-electron chi connectivity index (χ1n) is 14.9. The maximum Gasteiger partial charge on any atom is 0.276 e. The summed E-state index contributed by atoms with van der Waals surface area (Å²) in [6.07, 6.45) is 1.27. The number of hydrogen-bond acceptors (Lipinski definition) is 8. The monoisotopic (exact) mass is 685 g/mol. The molecule has 0 bridgehead atoms. The number of para-hydroxylation sites is 2. The number of aromatic nitrogens is 1. The van der Waals surface area contributed by atoms with Crippen LogP contribution in [-0.2, 0) is 9.59 Å². The van der Waals surface area contributed by atoms with E-state index in [1.54, 1.807) is 54.6 Å². The van der Waals surface area contributed by atoms with Gasteiger partial charge in [0.2, 0.25) is 5.91 Å². The first kappa shape index (κ1) is 32.8.